The maximum absolute atomic E-state index is 13.6. The average Bonchev–Trinajstić information content (AvgIpc) is 2.37. The molecule has 2 aromatic rings. The van der Waals surface area contributed by atoms with Crippen molar-refractivity contribution < 1.29 is 13.5 Å². The third-order valence-corrected chi connectivity index (χ3v) is 3.14. The molecule has 0 saturated carbocycles. The first-order valence-electron chi connectivity index (χ1n) is 6.38. The summed E-state index contributed by atoms with van der Waals surface area (Å²) in [6.07, 6.45) is 0. The lowest BCUT2D eigenvalue weighted by molar-refractivity contribution is 0.466. The maximum Gasteiger partial charge on any atom is 0.132 e. The van der Waals surface area contributed by atoms with Crippen molar-refractivity contribution in [1.82, 2.24) is 0 Å². The van der Waals surface area contributed by atoms with Gasteiger partial charge in [0.25, 0.3) is 0 Å². The number of aryl methyl sites for hydroxylation is 2. The summed E-state index contributed by atoms with van der Waals surface area (Å²) in [5, 5.41) is 0. The van der Waals surface area contributed by atoms with E-state index in [-0.39, 0.29) is 17.7 Å². The summed E-state index contributed by atoms with van der Waals surface area (Å²) in [5.41, 5.74) is 7.38. The van der Waals surface area contributed by atoms with Gasteiger partial charge in [0.1, 0.15) is 23.1 Å². The van der Waals surface area contributed by atoms with E-state index in [1.54, 1.807) is 32.9 Å². The first-order valence-corrected chi connectivity index (χ1v) is 6.38. The van der Waals surface area contributed by atoms with Crippen molar-refractivity contribution >= 4 is 0 Å². The summed E-state index contributed by atoms with van der Waals surface area (Å²) in [6, 6.07) is 7.09. The van der Waals surface area contributed by atoms with Gasteiger partial charge in [-0.15, -0.1) is 0 Å². The highest BCUT2D eigenvalue weighted by Gasteiger charge is 2.13. The van der Waals surface area contributed by atoms with E-state index in [0.717, 1.165) is 0 Å². The fraction of sp³-hybridized carbons (Fsp3) is 0.250. The summed E-state index contributed by atoms with van der Waals surface area (Å²) in [5.74, 6) is 0.377. The Labute approximate surface area is 117 Å². The summed E-state index contributed by atoms with van der Waals surface area (Å²) in [4.78, 5) is 0. The molecule has 20 heavy (non-hydrogen) atoms. The van der Waals surface area contributed by atoms with Crippen LogP contribution >= 0.6 is 0 Å². The Kier molecular flexibility index (Phi) is 4.04. The van der Waals surface area contributed by atoms with Crippen LogP contribution in [-0.2, 0) is 0 Å². The molecule has 0 saturated heterocycles. The minimum atomic E-state index is -0.360. The lowest BCUT2D eigenvalue weighted by Crippen LogP contribution is -2.08. The van der Waals surface area contributed by atoms with Crippen LogP contribution in [0.4, 0.5) is 8.78 Å². The fourth-order valence-electron chi connectivity index (χ4n) is 1.92. The van der Waals surface area contributed by atoms with Crippen LogP contribution in [0.3, 0.4) is 0 Å². The van der Waals surface area contributed by atoms with Crippen molar-refractivity contribution in [3.8, 4) is 11.5 Å². The largest absolute Gasteiger partial charge is 0.457 e. The number of hydrogen-bond donors (Lipinski definition) is 1. The fourth-order valence-corrected chi connectivity index (χ4v) is 1.92. The van der Waals surface area contributed by atoms with Gasteiger partial charge in [-0.25, -0.2) is 8.78 Å². The molecule has 0 unspecified atom stereocenters. The SMILES string of the molecule is Cc1cc(Oc2cc(C)c(F)cc2[C@H](C)N)ccc1F. The molecule has 2 rings (SSSR count). The normalized spacial score (nSPS) is 12.3. The maximum atomic E-state index is 13.6. The van der Waals surface area contributed by atoms with E-state index in [4.69, 9.17) is 10.5 Å². The smallest absolute Gasteiger partial charge is 0.132 e. The van der Waals surface area contributed by atoms with Crippen LogP contribution in [0.15, 0.2) is 30.3 Å². The monoisotopic (exact) mass is 277 g/mol. The highest BCUT2D eigenvalue weighted by atomic mass is 19.1. The van der Waals surface area contributed by atoms with E-state index in [1.165, 1.54) is 18.2 Å². The Morgan fingerprint density at radius 3 is 2.25 bits per heavy atom. The van der Waals surface area contributed by atoms with Gasteiger partial charge in [0, 0.05) is 11.6 Å². The van der Waals surface area contributed by atoms with Crippen molar-refractivity contribution in [2.75, 3.05) is 0 Å². The predicted octanol–water partition coefficient (Wildman–Crippen LogP) is 4.39. The van der Waals surface area contributed by atoms with Gasteiger partial charge < -0.3 is 10.5 Å². The molecule has 0 amide bonds. The molecular weight excluding hydrogens is 260 g/mol. The van der Waals surface area contributed by atoms with E-state index in [0.29, 0.717) is 28.2 Å². The Balaban J connectivity index is 2.41. The third-order valence-electron chi connectivity index (χ3n) is 3.14. The summed E-state index contributed by atoms with van der Waals surface area (Å²) < 4.78 is 32.6. The number of nitrogens with two attached hydrogens (primary N) is 1. The predicted molar refractivity (Wildman–Crippen MR) is 75.0 cm³/mol. The van der Waals surface area contributed by atoms with Crippen molar-refractivity contribution in [2.45, 2.75) is 26.8 Å². The Morgan fingerprint density at radius 2 is 1.65 bits per heavy atom. The van der Waals surface area contributed by atoms with Crippen molar-refractivity contribution in [3.63, 3.8) is 0 Å². The van der Waals surface area contributed by atoms with Gasteiger partial charge in [0.2, 0.25) is 0 Å². The van der Waals surface area contributed by atoms with E-state index in [1.807, 2.05) is 0 Å². The molecular formula is C16H17F2NO. The van der Waals surface area contributed by atoms with Crippen LogP contribution < -0.4 is 10.5 Å². The zero-order chi connectivity index (χ0) is 14.9. The molecule has 0 aliphatic rings. The Bertz CT molecular complexity index is 639. The molecule has 0 aliphatic carbocycles. The number of benzene rings is 2. The third kappa shape index (κ3) is 2.96. The van der Waals surface area contributed by atoms with E-state index in [2.05, 4.69) is 0 Å². The molecule has 0 spiro atoms. The highest BCUT2D eigenvalue weighted by Crippen LogP contribution is 2.31. The van der Waals surface area contributed by atoms with Gasteiger partial charge in [-0.05, 0) is 62.2 Å². The lowest BCUT2D eigenvalue weighted by atomic mass is 10.0. The summed E-state index contributed by atoms with van der Waals surface area (Å²) in [6.45, 7) is 5.07. The van der Waals surface area contributed by atoms with Gasteiger partial charge in [-0.3, -0.25) is 0 Å². The number of rotatable bonds is 3. The zero-order valence-electron chi connectivity index (χ0n) is 11.7. The quantitative estimate of drug-likeness (QED) is 0.902. The zero-order valence-corrected chi connectivity index (χ0v) is 11.7. The summed E-state index contributed by atoms with van der Waals surface area (Å²) >= 11 is 0. The molecule has 2 aromatic carbocycles. The molecule has 0 aliphatic heterocycles. The second kappa shape index (κ2) is 5.59. The van der Waals surface area contributed by atoms with Gasteiger partial charge in [-0.2, -0.15) is 0 Å². The molecule has 2 nitrogen and oxygen atoms in total. The van der Waals surface area contributed by atoms with Crippen LogP contribution in [0, 0.1) is 25.5 Å². The number of halogens is 2. The second-order valence-electron chi connectivity index (χ2n) is 4.94. The number of ether oxygens (including phenoxy) is 1. The highest BCUT2D eigenvalue weighted by molar-refractivity contribution is 5.43. The van der Waals surface area contributed by atoms with E-state index in [9.17, 15) is 8.78 Å². The molecule has 1 atom stereocenters. The van der Waals surface area contributed by atoms with E-state index >= 15 is 0 Å². The van der Waals surface area contributed by atoms with Crippen molar-refractivity contribution in [2.24, 2.45) is 5.73 Å². The molecule has 0 aromatic heterocycles. The van der Waals surface area contributed by atoms with Crippen LogP contribution in [-0.4, -0.2) is 0 Å². The molecule has 2 N–H and O–H groups in total. The molecule has 4 heteroatoms. The van der Waals surface area contributed by atoms with Gasteiger partial charge in [0.15, 0.2) is 0 Å². The molecule has 106 valence electrons. The first kappa shape index (κ1) is 14.5. The molecule has 0 bridgehead atoms. The lowest BCUT2D eigenvalue weighted by Gasteiger charge is -2.15. The van der Waals surface area contributed by atoms with Gasteiger partial charge in [0.05, 0.1) is 0 Å². The topological polar surface area (TPSA) is 35.2 Å². The van der Waals surface area contributed by atoms with E-state index < -0.39 is 0 Å². The van der Waals surface area contributed by atoms with Crippen LogP contribution in [0.1, 0.15) is 29.7 Å². The average molecular weight is 277 g/mol. The standard InChI is InChI=1S/C16H17F2NO/c1-9-6-12(4-5-14(9)17)20-16-7-10(2)15(18)8-13(16)11(3)19/h4-8,11H,19H2,1-3H3/t11-/m0/s1. The Morgan fingerprint density at radius 1 is 1.00 bits per heavy atom. The van der Waals surface area contributed by atoms with Crippen molar-refractivity contribution in [3.05, 3.63) is 58.7 Å². The molecule has 0 fully saturated rings. The molecule has 0 radical (unpaired) electrons. The van der Waals surface area contributed by atoms with Gasteiger partial charge >= 0.3 is 0 Å². The minimum absolute atomic E-state index is 0.292. The first-order chi connectivity index (χ1) is 9.38. The Hall–Kier alpha value is -1.94. The van der Waals surface area contributed by atoms with Crippen molar-refractivity contribution in [1.29, 1.82) is 0 Å². The summed E-state index contributed by atoms with van der Waals surface area (Å²) in [7, 11) is 0. The number of hydrogen-bond acceptors (Lipinski definition) is 2. The second-order valence-corrected chi connectivity index (χ2v) is 4.94. The van der Waals surface area contributed by atoms with Crippen LogP contribution in [0.5, 0.6) is 11.5 Å². The molecule has 0 heterocycles. The minimum Gasteiger partial charge on any atom is -0.457 e. The van der Waals surface area contributed by atoms with Crippen LogP contribution in [0.2, 0.25) is 0 Å². The van der Waals surface area contributed by atoms with Gasteiger partial charge in [-0.1, -0.05) is 0 Å². The van der Waals surface area contributed by atoms with Crippen LogP contribution in [0.25, 0.3) is 0 Å².